The number of thioether (sulfide) groups is 1. The van der Waals surface area contributed by atoms with Crippen LogP contribution in [0.1, 0.15) is 11.1 Å². The van der Waals surface area contributed by atoms with Crippen molar-refractivity contribution in [3.05, 3.63) is 65.7 Å². The van der Waals surface area contributed by atoms with E-state index in [2.05, 4.69) is 28.5 Å². The smallest absolute Gasteiger partial charge is 0.230 e. The summed E-state index contributed by atoms with van der Waals surface area (Å²) in [6, 6.07) is 17.8. The lowest BCUT2D eigenvalue weighted by Gasteiger charge is -2.09. The highest BCUT2D eigenvalue weighted by molar-refractivity contribution is 7.99. The van der Waals surface area contributed by atoms with Crippen LogP contribution in [0.5, 0.6) is 5.75 Å². The number of hydrogen-bond acceptors (Lipinski definition) is 5. The molecule has 0 fully saturated rings. The summed E-state index contributed by atoms with van der Waals surface area (Å²) in [5.41, 5.74) is 3.92. The molecule has 2 heterocycles. The number of pyridine rings is 1. The van der Waals surface area contributed by atoms with Gasteiger partial charge in [-0.25, -0.2) is 0 Å². The molecule has 0 radical (unpaired) electrons. The highest BCUT2D eigenvalue weighted by Gasteiger charge is 2.13. The largest absolute Gasteiger partial charge is 0.496 e. The summed E-state index contributed by atoms with van der Waals surface area (Å²) < 4.78 is 7.32. The number of para-hydroxylation sites is 2. The Morgan fingerprint density at radius 3 is 2.79 bits per heavy atom. The summed E-state index contributed by atoms with van der Waals surface area (Å²) in [6.45, 7) is 2.49. The van der Waals surface area contributed by atoms with Crippen LogP contribution in [0.3, 0.4) is 0 Å². The van der Waals surface area contributed by atoms with E-state index in [1.807, 2.05) is 52.9 Å². The summed E-state index contributed by atoms with van der Waals surface area (Å²) in [5.74, 6) is 0.961. The summed E-state index contributed by atoms with van der Waals surface area (Å²) in [4.78, 5) is 12.3. The summed E-state index contributed by atoms with van der Waals surface area (Å²) >= 11 is 1.38. The molecule has 0 bridgehead atoms. The fourth-order valence-corrected chi connectivity index (χ4v) is 3.97. The number of amides is 1. The van der Waals surface area contributed by atoms with Crippen LogP contribution >= 0.6 is 11.8 Å². The maximum atomic E-state index is 12.3. The van der Waals surface area contributed by atoms with Crippen LogP contribution in [0, 0.1) is 6.92 Å². The van der Waals surface area contributed by atoms with Crippen LogP contribution in [-0.4, -0.2) is 33.4 Å². The van der Waals surface area contributed by atoms with E-state index >= 15 is 0 Å². The number of nitrogens with zero attached hydrogens (tertiary/aromatic N) is 3. The molecular formula is C21H20N4O2S. The van der Waals surface area contributed by atoms with Gasteiger partial charge in [-0.1, -0.05) is 48.2 Å². The third-order valence-electron chi connectivity index (χ3n) is 4.57. The van der Waals surface area contributed by atoms with Crippen molar-refractivity contribution < 1.29 is 9.53 Å². The molecule has 0 spiro atoms. The van der Waals surface area contributed by atoms with Crippen molar-refractivity contribution in [2.75, 3.05) is 12.9 Å². The molecule has 7 heteroatoms. The van der Waals surface area contributed by atoms with E-state index in [1.165, 1.54) is 11.8 Å². The molecule has 0 saturated heterocycles. The second kappa shape index (κ2) is 7.90. The molecule has 142 valence electrons. The number of carbonyl (C=O) groups is 1. The van der Waals surface area contributed by atoms with Gasteiger partial charge in [-0.3, -0.25) is 9.20 Å². The fraction of sp³-hybridized carbons (Fsp3) is 0.190. The van der Waals surface area contributed by atoms with Crippen molar-refractivity contribution in [3.8, 4) is 5.75 Å². The van der Waals surface area contributed by atoms with Crippen molar-refractivity contribution in [2.45, 2.75) is 18.6 Å². The predicted molar refractivity (Wildman–Crippen MR) is 111 cm³/mol. The van der Waals surface area contributed by atoms with Crippen LogP contribution in [0.4, 0.5) is 0 Å². The fourth-order valence-electron chi connectivity index (χ4n) is 3.19. The highest BCUT2D eigenvalue weighted by atomic mass is 32.2. The van der Waals surface area contributed by atoms with E-state index in [0.29, 0.717) is 11.7 Å². The third-order valence-corrected chi connectivity index (χ3v) is 5.50. The maximum Gasteiger partial charge on any atom is 0.230 e. The van der Waals surface area contributed by atoms with E-state index in [-0.39, 0.29) is 11.7 Å². The quantitative estimate of drug-likeness (QED) is 0.508. The lowest BCUT2D eigenvalue weighted by molar-refractivity contribution is -0.118. The number of hydrogen-bond donors (Lipinski definition) is 1. The Hall–Kier alpha value is -3.06. The number of methoxy groups -OCH3 is 1. The number of benzene rings is 2. The first-order valence-electron chi connectivity index (χ1n) is 8.92. The summed E-state index contributed by atoms with van der Waals surface area (Å²) in [6.07, 6.45) is 0. The van der Waals surface area contributed by atoms with Gasteiger partial charge in [-0.05, 0) is 30.7 Å². The summed E-state index contributed by atoms with van der Waals surface area (Å²) in [5, 5.41) is 13.3. The van der Waals surface area contributed by atoms with Gasteiger partial charge >= 0.3 is 0 Å². The lowest BCUT2D eigenvalue weighted by atomic mass is 10.1. The van der Waals surface area contributed by atoms with Crippen molar-refractivity contribution in [1.29, 1.82) is 0 Å². The van der Waals surface area contributed by atoms with Crippen LogP contribution in [0.2, 0.25) is 0 Å². The van der Waals surface area contributed by atoms with Crippen LogP contribution in [0.25, 0.3) is 16.6 Å². The normalized spacial score (nSPS) is 11.1. The van der Waals surface area contributed by atoms with Crippen molar-refractivity contribution in [3.63, 3.8) is 0 Å². The molecule has 6 nitrogen and oxygen atoms in total. The molecule has 0 aliphatic carbocycles. The Morgan fingerprint density at radius 1 is 1.14 bits per heavy atom. The Labute approximate surface area is 166 Å². The maximum absolute atomic E-state index is 12.3. The number of carbonyl (C=O) groups excluding carboxylic acids is 1. The molecule has 2 aromatic heterocycles. The molecule has 4 rings (SSSR count). The van der Waals surface area contributed by atoms with Crippen LogP contribution in [0.15, 0.2) is 59.8 Å². The Morgan fingerprint density at radius 2 is 1.93 bits per heavy atom. The van der Waals surface area contributed by atoms with Gasteiger partial charge in [0.15, 0.2) is 10.8 Å². The van der Waals surface area contributed by atoms with Gasteiger partial charge in [0.05, 0.1) is 18.4 Å². The van der Waals surface area contributed by atoms with E-state index < -0.39 is 0 Å². The molecule has 0 aliphatic heterocycles. The van der Waals surface area contributed by atoms with Crippen LogP contribution < -0.4 is 10.1 Å². The zero-order valence-electron chi connectivity index (χ0n) is 15.7. The minimum absolute atomic E-state index is 0.0657. The van der Waals surface area contributed by atoms with Crippen molar-refractivity contribution in [2.24, 2.45) is 0 Å². The first-order chi connectivity index (χ1) is 13.7. The first kappa shape index (κ1) is 18.3. The summed E-state index contributed by atoms with van der Waals surface area (Å²) in [7, 11) is 1.62. The van der Waals surface area contributed by atoms with Gasteiger partial charge in [-0.2, -0.15) is 0 Å². The van der Waals surface area contributed by atoms with Crippen LogP contribution in [-0.2, 0) is 11.3 Å². The second-order valence-corrected chi connectivity index (χ2v) is 7.34. The standard InChI is InChI=1S/C21H20N4O2S/c1-14-11-19-23-24-21(25(19)17-9-5-4-8-16(14)17)28-13-20(26)22-12-15-7-3-6-10-18(15)27-2/h3-11H,12-13H2,1-2H3,(H,22,26). The zero-order chi connectivity index (χ0) is 19.5. The Kier molecular flexibility index (Phi) is 5.16. The Balaban J connectivity index is 1.48. The molecule has 0 aliphatic rings. The van der Waals surface area contributed by atoms with E-state index in [1.54, 1.807) is 7.11 Å². The molecule has 1 N–H and O–H groups in total. The molecule has 4 aromatic rings. The minimum atomic E-state index is -0.0657. The SMILES string of the molecule is COc1ccccc1CNC(=O)CSc1nnc2cc(C)c3ccccc3n12. The number of ether oxygens (including phenoxy) is 1. The molecule has 0 unspecified atom stereocenters. The average Bonchev–Trinajstić information content (AvgIpc) is 3.14. The number of rotatable bonds is 6. The highest BCUT2D eigenvalue weighted by Crippen LogP contribution is 2.25. The van der Waals surface area contributed by atoms with E-state index in [0.717, 1.165) is 33.4 Å². The van der Waals surface area contributed by atoms with Gasteiger partial charge in [0.1, 0.15) is 5.75 Å². The van der Waals surface area contributed by atoms with Gasteiger partial charge in [0.25, 0.3) is 0 Å². The molecule has 28 heavy (non-hydrogen) atoms. The van der Waals surface area contributed by atoms with Gasteiger partial charge in [-0.15, -0.1) is 10.2 Å². The number of fused-ring (bicyclic) bond motifs is 3. The van der Waals surface area contributed by atoms with E-state index in [4.69, 9.17) is 4.74 Å². The van der Waals surface area contributed by atoms with Gasteiger partial charge < -0.3 is 10.1 Å². The molecule has 0 atom stereocenters. The lowest BCUT2D eigenvalue weighted by Crippen LogP contribution is -2.24. The molecule has 2 aromatic carbocycles. The van der Waals surface area contributed by atoms with Gasteiger partial charge in [0.2, 0.25) is 5.91 Å². The average molecular weight is 392 g/mol. The molecule has 0 saturated carbocycles. The van der Waals surface area contributed by atoms with Crippen molar-refractivity contribution >= 4 is 34.2 Å². The first-order valence-corrected chi connectivity index (χ1v) is 9.91. The predicted octanol–water partition coefficient (Wildman–Crippen LogP) is 3.61. The van der Waals surface area contributed by atoms with E-state index in [9.17, 15) is 4.79 Å². The molecular weight excluding hydrogens is 372 g/mol. The second-order valence-electron chi connectivity index (χ2n) is 6.40. The van der Waals surface area contributed by atoms with Gasteiger partial charge in [0, 0.05) is 17.5 Å². The van der Waals surface area contributed by atoms with Crippen molar-refractivity contribution in [1.82, 2.24) is 19.9 Å². The third kappa shape index (κ3) is 3.53. The Bertz CT molecular complexity index is 1160. The number of aromatic nitrogens is 3. The number of nitrogens with one attached hydrogen (secondary N) is 1. The topological polar surface area (TPSA) is 68.5 Å². The monoisotopic (exact) mass is 392 g/mol. The zero-order valence-corrected chi connectivity index (χ0v) is 16.5. The number of aryl methyl sites for hydroxylation is 1. The molecule has 1 amide bonds. The minimum Gasteiger partial charge on any atom is -0.496 e.